The Balaban J connectivity index is 2.29. The zero-order chi connectivity index (χ0) is 13.7. The summed E-state index contributed by atoms with van der Waals surface area (Å²) in [4.78, 5) is 10.9. The van der Waals surface area contributed by atoms with Gasteiger partial charge < -0.3 is 9.90 Å². The van der Waals surface area contributed by atoms with E-state index in [-0.39, 0.29) is 0 Å². The van der Waals surface area contributed by atoms with Gasteiger partial charge >= 0.3 is 0 Å². The highest BCUT2D eigenvalue weighted by Crippen LogP contribution is 2.37. The Bertz CT molecular complexity index is 924. The quantitative estimate of drug-likeness (QED) is 0.439. The van der Waals surface area contributed by atoms with E-state index >= 15 is 0 Å². The van der Waals surface area contributed by atoms with Crippen LogP contribution in [0.15, 0.2) is 54.6 Å². The maximum absolute atomic E-state index is 10.9. The van der Waals surface area contributed by atoms with Crippen LogP contribution in [0, 0.1) is 0 Å². The Labute approximate surface area is 115 Å². The first kappa shape index (κ1) is 11.4. The maximum atomic E-state index is 10.9. The largest absolute Gasteiger partial charge is 0.381 e. The summed E-state index contributed by atoms with van der Waals surface area (Å²) in [6, 6.07) is 18.3. The Morgan fingerprint density at radius 3 is 2.10 bits per heavy atom. The first-order chi connectivity index (χ1) is 9.79. The molecule has 0 radical (unpaired) electrons. The number of carbonyl (C=O) groups excluding carboxylic acids is 1. The number of carbonyl (C=O) groups is 1. The van der Waals surface area contributed by atoms with Crippen molar-refractivity contribution in [2.24, 2.45) is 0 Å². The third-order valence-electron chi connectivity index (χ3n) is 4.01. The second kappa shape index (κ2) is 4.02. The van der Waals surface area contributed by atoms with E-state index in [0.29, 0.717) is 11.8 Å². The summed E-state index contributed by atoms with van der Waals surface area (Å²) in [7, 11) is 0. The highest BCUT2D eigenvalue weighted by atomic mass is 16.3. The predicted octanol–water partition coefficient (Wildman–Crippen LogP) is 3.82. The van der Waals surface area contributed by atoms with Crippen LogP contribution in [0.25, 0.3) is 32.3 Å². The van der Waals surface area contributed by atoms with Crippen LogP contribution in [0.2, 0.25) is 0 Å². The lowest BCUT2D eigenvalue weighted by atomic mass is 9.91. The third-order valence-corrected chi connectivity index (χ3v) is 4.01. The molecule has 4 rings (SSSR count). The van der Waals surface area contributed by atoms with Crippen LogP contribution in [0.3, 0.4) is 0 Å². The fraction of sp³-hybridized carbons (Fsp3) is 0.0556. The molecule has 0 heterocycles. The van der Waals surface area contributed by atoms with Gasteiger partial charge in [0, 0.05) is 0 Å². The molecule has 0 bridgehead atoms. The van der Waals surface area contributed by atoms with Gasteiger partial charge in [-0.2, -0.15) is 0 Å². The van der Waals surface area contributed by atoms with Crippen molar-refractivity contribution in [1.82, 2.24) is 0 Å². The lowest BCUT2D eigenvalue weighted by Crippen LogP contribution is -1.99. The molecular formula is C18H12O2. The minimum absolute atomic E-state index is 0.576. The van der Waals surface area contributed by atoms with E-state index in [4.69, 9.17) is 0 Å². The molecule has 4 aromatic carbocycles. The van der Waals surface area contributed by atoms with E-state index in [2.05, 4.69) is 24.3 Å². The van der Waals surface area contributed by atoms with Crippen LogP contribution in [0.5, 0.6) is 0 Å². The van der Waals surface area contributed by atoms with Gasteiger partial charge in [-0.1, -0.05) is 54.6 Å². The number of aldehydes is 1. The fourth-order valence-corrected chi connectivity index (χ4v) is 3.09. The Morgan fingerprint density at radius 1 is 0.800 bits per heavy atom. The number of aliphatic hydroxyl groups is 1. The molecule has 1 unspecified atom stereocenters. The zero-order valence-corrected chi connectivity index (χ0v) is 10.7. The van der Waals surface area contributed by atoms with Crippen molar-refractivity contribution in [1.29, 1.82) is 0 Å². The highest BCUT2D eigenvalue weighted by molar-refractivity contribution is 6.23. The van der Waals surface area contributed by atoms with Gasteiger partial charge in [-0.3, -0.25) is 0 Å². The van der Waals surface area contributed by atoms with Crippen molar-refractivity contribution in [3.8, 4) is 0 Å². The molecule has 1 atom stereocenters. The molecule has 4 aromatic rings. The predicted molar refractivity (Wildman–Crippen MR) is 81.2 cm³/mol. The van der Waals surface area contributed by atoms with Crippen molar-refractivity contribution in [3.63, 3.8) is 0 Å². The molecule has 0 saturated heterocycles. The summed E-state index contributed by atoms with van der Waals surface area (Å²) >= 11 is 0. The molecule has 2 heteroatoms. The van der Waals surface area contributed by atoms with Gasteiger partial charge in [-0.15, -0.1) is 0 Å². The summed E-state index contributed by atoms with van der Waals surface area (Å²) < 4.78 is 0. The summed E-state index contributed by atoms with van der Waals surface area (Å²) in [6.07, 6.45) is -0.494. The van der Waals surface area contributed by atoms with Gasteiger partial charge in [0.15, 0.2) is 6.29 Å². The first-order valence-electron chi connectivity index (χ1n) is 6.59. The molecule has 0 aliphatic heterocycles. The van der Waals surface area contributed by atoms with E-state index < -0.39 is 6.10 Å². The van der Waals surface area contributed by atoms with Gasteiger partial charge in [-0.05, 0) is 37.9 Å². The molecule has 0 aliphatic rings. The molecule has 0 aromatic heterocycles. The summed E-state index contributed by atoms with van der Waals surface area (Å²) in [6.45, 7) is 0. The molecule has 96 valence electrons. The molecule has 20 heavy (non-hydrogen) atoms. The summed E-state index contributed by atoms with van der Waals surface area (Å²) in [5, 5.41) is 16.7. The first-order valence-corrected chi connectivity index (χ1v) is 6.59. The van der Waals surface area contributed by atoms with Crippen LogP contribution in [0.4, 0.5) is 0 Å². The minimum Gasteiger partial charge on any atom is -0.381 e. The second-order valence-corrected chi connectivity index (χ2v) is 5.09. The smallest absolute Gasteiger partial charge is 0.153 e. The Hall–Kier alpha value is -2.45. The zero-order valence-electron chi connectivity index (χ0n) is 10.7. The van der Waals surface area contributed by atoms with E-state index in [1.807, 2.05) is 30.3 Å². The molecule has 1 N–H and O–H groups in total. The second-order valence-electron chi connectivity index (χ2n) is 5.09. The van der Waals surface area contributed by atoms with E-state index in [0.717, 1.165) is 16.2 Å². The lowest BCUT2D eigenvalue weighted by Gasteiger charge is -2.14. The fourth-order valence-electron chi connectivity index (χ4n) is 3.09. The minimum atomic E-state index is -1.07. The number of rotatable bonds is 2. The normalized spacial score (nSPS) is 13.2. The van der Waals surface area contributed by atoms with Crippen LogP contribution in [0.1, 0.15) is 11.7 Å². The van der Waals surface area contributed by atoms with Crippen LogP contribution >= 0.6 is 0 Å². The Morgan fingerprint density at radius 2 is 1.40 bits per heavy atom. The van der Waals surface area contributed by atoms with Crippen LogP contribution < -0.4 is 0 Å². The van der Waals surface area contributed by atoms with Crippen molar-refractivity contribution >= 4 is 38.6 Å². The average molecular weight is 260 g/mol. The summed E-state index contributed by atoms with van der Waals surface area (Å²) in [5.41, 5.74) is 0.672. The standard InChI is InChI=1S/C18H12O2/c19-10-16(20)14-8-6-13-5-4-11-2-1-3-12-7-9-15(14)18(13)17(11)12/h1-10,16,20H. The van der Waals surface area contributed by atoms with Crippen molar-refractivity contribution in [3.05, 3.63) is 60.2 Å². The topological polar surface area (TPSA) is 37.3 Å². The molecule has 2 nitrogen and oxygen atoms in total. The molecule has 0 aliphatic carbocycles. The summed E-state index contributed by atoms with van der Waals surface area (Å²) in [5.74, 6) is 0. The monoisotopic (exact) mass is 260 g/mol. The van der Waals surface area contributed by atoms with Gasteiger partial charge in [-0.25, -0.2) is 0 Å². The van der Waals surface area contributed by atoms with E-state index in [1.165, 1.54) is 16.2 Å². The maximum Gasteiger partial charge on any atom is 0.153 e. The number of aliphatic hydroxyl groups excluding tert-OH is 1. The number of hydrogen-bond donors (Lipinski definition) is 1. The molecule has 0 fully saturated rings. The Kier molecular flexibility index (Phi) is 2.29. The molecular weight excluding hydrogens is 248 g/mol. The van der Waals surface area contributed by atoms with Gasteiger partial charge in [0.25, 0.3) is 0 Å². The van der Waals surface area contributed by atoms with Crippen LogP contribution in [-0.4, -0.2) is 11.4 Å². The SMILES string of the molecule is O=CC(O)c1ccc2ccc3cccc4ccc1c2c34. The van der Waals surface area contributed by atoms with Crippen LogP contribution in [-0.2, 0) is 4.79 Å². The molecule has 0 saturated carbocycles. The lowest BCUT2D eigenvalue weighted by molar-refractivity contribution is -0.115. The van der Waals surface area contributed by atoms with E-state index in [9.17, 15) is 9.90 Å². The van der Waals surface area contributed by atoms with Crippen molar-refractivity contribution in [2.75, 3.05) is 0 Å². The highest BCUT2D eigenvalue weighted by Gasteiger charge is 2.14. The van der Waals surface area contributed by atoms with Gasteiger partial charge in [0.2, 0.25) is 0 Å². The number of hydrogen-bond acceptors (Lipinski definition) is 2. The number of benzene rings is 4. The van der Waals surface area contributed by atoms with Crippen molar-refractivity contribution < 1.29 is 9.90 Å². The molecule has 0 spiro atoms. The average Bonchev–Trinajstić information content (AvgIpc) is 2.51. The van der Waals surface area contributed by atoms with Gasteiger partial charge in [0.05, 0.1) is 0 Å². The van der Waals surface area contributed by atoms with Gasteiger partial charge in [0.1, 0.15) is 6.10 Å². The van der Waals surface area contributed by atoms with Crippen molar-refractivity contribution in [2.45, 2.75) is 6.10 Å². The molecule has 0 amide bonds. The van der Waals surface area contributed by atoms with E-state index in [1.54, 1.807) is 0 Å². The third kappa shape index (κ3) is 1.40.